The maximum absolute atomic E-state index is 10.7. The van der Waals surface area contributed by atoms with Gasteiger partial charge >= 0.3 is 0 Å². The fourth-order valence-electron chi connectivity index (χ4n) is 1.90. The van der Waals surface area contributed by atoms with Crippen molar-refractivity contribution >= 4 is 11.4 Å². The molecule has 1 fully saturated rings. The Labute approximate surface area is 87.4 Å². The van der Waals surface area contributed by atoms with Crippen LogP contribution in [0, 0.1) is 10.1 Å². The largest absolute Gasteiger partial charge is 0.393 e. The van der Waals surface area contributed by atoms with Crippen molar-refractivity contribution in [1.82, 2.24) is 5.32 Å². The van der Waals surface area contributed by atoms with Gasteiger partial charge in [-0.2, -0.15) is 0 Å². The Morgan fingerprint density at radius 2 is 2.33 bits per heavy atom. The van der Waals surface area contributed by atoms with Gasteiger partial charge in [-0.1, -0.05) is 6.07 Å². The van der Waals surface area contributed by atoms with Crippen molar-refractivity contribution in [3.8, 4) is 0 Å². The van der Waals surface area contributed by atoms with Crippen LogP contribution in [0.5, 0.6) is 0 Å². The molecule has 1 aliphatic heterocycles. The third-order valence-corrected chi connectivity index (χ3v) is 2.71. The molecule has 5 nitrogen and oxygen atoms in total. The van der Waals surface area contributed by atoms with Crippen LogP contribution >= 0.6 is 0 Å². The Hall–Kier alpha value is -1.62. The molecule has 0 saturated carbocycles. The molecule has 0 amide bonds. The van der Waals surface area contributed by atoms with Crippen LogP contribution in [0.3, 0.4) is 0 Å². The summed E-state index contributed by atoms with van der Waals surface area (Å²) in [6.07, 6.45) is 2.14. The molecule has 0 aromatic heterocycles. The molecule has 0 spiro atoms. The van der Waals surface area contributed by atoms with E-state index in [0.29, 0.717) is 0 Å². The highest BCUT2D eigenvalue weighted by Crippen LogP contribution is 2.29. The molecule has 1 heterocycles. The molecule has 1 aromatic rings. The van der Waals surface area contributed by atoms with E-state index in [1.54, 1.807) is 12.1 Å². The summed E-state index contributed by atoms with van der Waals surface area (Å²) in [7, 11) is 0. The van der Waals surface area contributed by atoms with Crippen molar-refractivity contribution in [3.63, 3.8) is 0 Å². The Morgan fingerprint density at radius 1 is 1.53 bits per heavy atom. The number of hydrogen-bond donors (Lipinski definition) is 2. The fourth-order valence-corrected chi connectivity index (χ4v) is 1.90. The molecular weight excluding hydrogens is 194 g/mol. The van der Waals surface area contributed by atoms with Gasteiger partial charge in [0, 0.05) is 12.1 Å². The van der Waals surface area contributed by atoms with E-state index in [2.05, 4.69) is 5.32 Å². The van der Waals surface area contributed by atoms with Crippen LogP contribution in [0.4, 0.5) is 11.4 Å². The van der Waals surface area contributed by atoms with Crippen LogP contribution in [0.1, 0.15) is 24.4 Å². The number of nitrogens with zero attached hydrogens (tertiary/aromatic N) is 1. The van der Waals surface area contributed by atoms with Crippen molar-refractivity contribution in [3.05, 3.63) is 33.9 Å². The van der Waals surface area contributed by atoms with E-state index < -0.39 is 4.92 Å². The average molecular weight is 207 g/mol. The minimum Gasteiger partial charge on any atom is -0.393 e. The van der Waals surface area contributed by atoms with Crippen LogP contribution < -0.4 is 11.1 Å². The Balaban J connectivity index is 2.33. The molecule has 15 heavy (non-hydrogen) atoms. The number of nitro groups is 1. The van der Waals surface area contributed by atoms with Gasteiger partial charge in [0.25, 0.3) is 5.69 Å². The van der Waals surface area contributed by atoms with Gasteiger partial charge < -0.3 is 11.1 Å². The highest BCUT2D eigenvalue weighted by Gasteiger charge is 2.19. The monoisotopic (exact) mass is 207 g/mol. The molecule has 0 bridgehead atoms. The summed E-state index contributed by atoms with van der Waals surface area (Å²) in [6, 6.07) is 5.26. The first-order valence-electron chi connectivity index (χ1n) is 4.95. The van der Waals surface area contributed by atoms with Crippen molar-refractivity contribution in [2.75, 3.05) is 12.3 Å². The van der Waals surface area contributed by atoms with E-state index in [-0.39, 0.29) is 17.4 Å². The lowest BCUT2D eigenvalue weighted by molar-refractivity contribution is -0.384. The minimum absolute atomic E-state index is 0.00111. The smallest absolute Gasteiger partial charge is 0.292 e. The molecule has 0 aliphatic carbocycles. The summed E-state index contributed by atoms with van der Waals surface area (Å²) < 4.78 is 0. The van der Waals surface area contributed by atoms with Crippen LogP contribution in [0.2, 0.25) is 0 Å². The molecule has 80 valence electrons. The second kappa shape index (κ2) is 3.86. The number of nitrogens with two attached hydrogens (primary N) is 1. The third kappa shape index (κ3) is 1.92. The molecule has 2 rings (SSSR count). The normalized spacial score (nSPS) is 20.4. The number of anilines is 1. The van der Waals surface area contributed by atoms with Gasteiger partial charge in [0.15, 0.2) is 0 Å². The predicted octanol–water partition coefficient (Wildman–Crippen LogP) is 1.60. The molecule has 1 aliphatic rings. The summed E-state index contributed by atoms with van der Waals surface area (Å²) in [4.78, 5) is 10.3. The average Bonchev–Trinajstić information content (AvgIpc) is 2.71. The van der Waals surface area contributed by atoms with Crippen LogP contribution in [-0.2, 0) is 0 Å². The van der Waals surface area contributed by atoms with Gasteiger partial charge in [-0.3, -0.25) is 10.1 Å². The van der Waals surface area contributed by atoms with E-state index in [0.717, 1.165) is 24.9 Å². The Bertz CT molecular complexity index is 386. The highest BCUT2D eigenvalue weighted by molar-refractivity contribution is 5.59. The quantitative estimate of drug-likeness (QED) is 0.438. The van der Waals surface area contributed by atoms with E-state index >= 15 is 0 Å². The van der Waals surface area contributed by atoms with Crippen LogP contribution in [0.15, 0.2) is 18.2 Å². The molecule has 1 atom stereocenters. The van der Waals surface area contributed by atoms with Crippen molar-refractivity contribution in [2.45, 2.75) is 18.9 Å². The molecule has 5 heteroatoms. The van der Waals surface area contributed by atoms with Gasteiger partial charge in [0.2, 0.25) is 0 Å². The second-order valence-electron chi connectivity index (χ2n) is 3.72. The lowest BCUT2D eigenvalue weighted by Crippen LogP contribution is -2.13. The number of benzene rings is 1. The topological polar surface area (TPSA) is 81.2 Å². The van der Waals surface area contributed by atoms with Gasteiger partial charge in [-0.05, 0) is 31.0 Å². The van der Waals surface area contributed by atoms with E-state index in [9.17, 15) is 10.1 Å². The summed E-state index contributed by atoms with van der Waals surface area (Å²) in [5, 5.41) is 14.0. The maximum Gasteiger partial charge on any atom is 0.292 e. The number of nitro benzene ring substituents is 1. The lowest BCUT2D eigenvalue weighted by atomic mass is 10.0. The molecule has 1 aromatic carbocycles. The number of hydrogen-bond acceptors (Lipinski definition) is 4. The van der Waals surface area contributed by atoms with Gasteiger partial charge in [-0.25, -0.2) is 0 Å². The zero-order valence-corrected chi connectivity index (χ0v) is 8.27. The standard InChI is InChI=1S/C10H13N3O2/c11-8-4-3-7(6-10(8)13(14)15)9-2-1-5-12-9/h3-4,6,9,12H,1-2,5,11H2/t9-/m0/s1. The first-order valence-corrected chi connectivity index (χ1v) is 4.95. The van der Waals surface area contributed by atoms with Crippen LogP contribution in [0.25, 0.3) is 0 Å². The Morgan fingerprint density at radius 3 is 2.93 bits per heavy atom. The highest BCUT2D eigenvalue weighted by atomic mass is 16.6. The summed E-state index contributed by atoms with van der Waals surface area (Å²) in [5.41, 5.74) is 6.70. The first kappa shape index (κ1) is 9.92. The minimum atomic E-state index is -0.437. The predicted molar refractivity (Wildman–Crippen MR) is 57.5 cm³/mol. The number of nitrogens with one attached hydrogen (secondary N) is 1. The molecular formula is C10H13N3O2. The van der Waals surface area contributed by atoms with Gasteiger partial charge in [0.05, 0.1) is 4.92 Å². The summed E-state index contributed by atoms with van der Waals surface area (Å²) >= 11 is 0. The van der Waals surface area contributed by atoms with Gasteiger partial charge in [-0.15, -0.1) is 0 Å². The number of rotatable bonds is 2. The number of nitrogen functional groups attached to an aromatic ring is 1. The SMILES string of the molecule is Nc1ccc([C@@H]2CCCN2)cc1[N+](=O)[O-]. The summed E-state index contributed by atoms with van der Waals surface area (Å²) in [6.45, 7) is 0.975. The van der Waals surface area contributed by atoms with E-state index in [1.165, 1.54) is 0 Å². The zero-order chi connectivity index (χ0) is 10.8. The van der Waals surface area contributed by atoms with Crippen molar-refractivity contribution in [2.24, 2.45) is 0 Å². The van der Waals surface area contributed by atoms with E-state index in [1.807, 2.05) is 6.07 Å². The van der Waals surface area contributed by atoms with Gasteiger partial charge in [0.1, 0.15) is 5.69 Å². The molecule has 1 saturated heterocycles. The summed E-state index contributed by atoms with van der Waals surface area (Å²) in [5.74, 6) is 0. The Kier molecular flexibility index (Phi) is 2.55. The lowest BCUT2D eigenvalue weighted by Gasteiger charge is -2.10. The van der Waals surface area contributed by atoms with Crippen molar-refractivity contribution < 1.29 is 4.92 Å². The maximum atomic E-state index is 10.7. The first-order chi connectivity index (χ1) is 7.18. The van der Waals surface area contributed by atoms with Crippen LogP contribution in [-0.4, -0.2) is 11.5 Å². The fraction of sp³-hybridized carbons (Fsp3) is 0.400. The van der Waals surface area contributed by atoms with Crippen molar-refractivity contribution in [1.29, 1.82) is 0 Å². The molecule has 3 N–H and O–H groups in total. The van der Waals surface area contributed by atoms with E-state index in [4.69, 9.17) is 5.73 Å². The second-order valence-corrected chi connectivity index (χ2v) is 3.72. The molecule has 0 unspecified atom stereocenters. The zero-order valence-electron chi connectivity index (χ0n) is 8.27. The third-order valence-electron chi connectivity index (χ3n) is 2.71. The molecule has 0 radical (unpaired) electrons.